The minimum absolute atomic E-state index is 1.28. The second-order valence-corrected chi connectivity index (χ2v) is 26.2. The molecule has 0 bridgehead atoms. The van der Waals surface area contributed by atoms with Gasteiger partial charge in [-0.25, -0.2) is 0 Å². The van der Waals surface area contributed by atoms with E-state index >= 15 is 0 Å². The van der Waals surface area contributed by atoms with Gasteiger partial charge in [0.25, 0.3) is 0 Å². The first kappa shape index (κ1) is 31.6. The van der Waals surface area contributed by atoms with Crippen LogP contribution in [0.25, 0.3) is 7.18 Å². The zero-order chi connectivity index (χ0) is 27.5. The van der Waals surface area contributed by atoms with Gasteiger partial charge >= 0.3 is 255 Å². The molecule has 0 nitrogen and oxygen atoms in total. The fraction of sp³-hybridized carbons (Fsp3) is 0.667. The molecule has 1 aliphatic heterocycles. The molecule has 1 aliphatic carbocycles. The van der Waals surface area contributed by atoms with Gasteiger partial charge in [0.2, 0.25) is 0 Å². The van der Waals surface area contributed by atoms with Gasteiger partial charge in [0.1, 0.15) is 0 Å². The molecule has 0 unspecified atom stereocenters. The van der Waals surface area contributed by atoms with E-state index in [9.17, 15) is 0 Å². The molecule has 0 atom stereocenters. The number of aryl methyl sites for hydroxylation is 2. The van der Waals surface area contributed by atoms with Crippen LogP contribution in [-0.2, 0) is 12.8 Å². The quantitative estimate of drug-likeness (QED) is 0.109. The van der Waals surface area contributed by atoms with Crippen LogP contribution in [-0.4, -0.2) is 18.4 Å². The maximum absolute atomic E-state index is 2.87. The second kappa shape index (κ2) is 16.4. The van der Waals surface area contributed by atoms with Crippen molar-refractivity contribution in [3.63, 3.8) is 0 Å². The van der Waals surface area contributed by atoms with Crippen molar-refractivity contribution in [1.29, 1.82) is 0 Å². The average Bonchev–Trinajstić information content (AvgIpc) is 3.67. The third kappa shape index (κ3) is 7.75. The third-order valence-corrected chi connectivity index (χ3v) is 28.0. The summed E-state index contributed by atoms with van der Waals surface area (Å²) in [4.78, 5) is 3.42. The molecule has 0 radical (unpaired) electrons. The van der Waals surface area contributed by atoms with E-state index in [2.05, 4.69) is 73.3 Å². The van der Waals surface area contributed by atoms with Crippen LogP contribution in [0.3, 0.4) is 0 Å². The fourth-order valence-electron chi connectivity index (χ4n) is 7.30. The summed E-state index contributed by atoms with van der Waals surface area (Å²) in [7, 11) is 0. The predicted molar refractivity (Wildman–Crippen MR) is 182 cm³/mol. The van der Waals surface area contributed by atoms with Crippen LogP contribution in [0.5, 0.6) is 0 Å². The van der Waals surface area contributed by atoms with Crippen LogP contribution < -0.4 is 0 Å². The number of rotatable bonds is 18. The van der Waals surface area contributed by atoms with E-state index in [1.54, 1.807) is 20.9 Å². The van der Waals surface area contributed by atoms with Crippen molar-refractivity contribution < 1.29 is 0 Å². The van der Waals surface area contributed by atoms with Gasteiger partial charge in [0, 0.05) is 0 Å². The Balaban J connectivity index is 1.73. The average molecular weight is 672 g/mol. The Bertz CT molecular complexity index is 995. The van der Waals surface area contributed by atoms with Gasteiger partial charge in [-0.1, -0.05) is 0 Å². The van der Waals surface area contributed by atoms with Gasteiger partial charge in [-0.15, -0.1) is 0 Å². The zero-order valence-corrected chi connectivity index (χ0v) is 30.3. The molecule has 216 valence electrons. The summed E-state index contributed by atoms with van der Waals surface area (Å²) < 4.78 is 7.07. The summed E-state index contributed by atoms with van der Waals surface area (Å²) in [5.41, 5.74) is 7.00. The topological polar surface area (TPSA) is 0 Å². The second-order valence-electron chi connectivity index (χ2n) is 12.5. The Morgan fingerprint density at radius 2 is 1.00 bits per heavy atom. The molecule has 0 N–H and O–H groups in total. The number of hydrogen-bond donors (Lipinski definition) is 0. The molecule has 39 heavy (non-hydrogen) atoms. The molecular weight excluding hydrogens is 615 g/mol. The third-order valence-electron chi connectivity index (χ3n) is 9.38. The van der Waals surface area contributed by atoms with Gasteiger partial charge in [0.15, 0.2) is 0 Å². The van der Waals surface area contributed by atoms with Crippen LogP contribution in [0.4, 0.5) is 0 Å². The van der Waals surface area contributed by atoms with Crippen molar-refractivity contribution in [2.24, 2.45) is 0 Å². The summed E-state index contributed by atoms with van der Waals surface area (Å²) in [6.07, 6.45) is 24.6. The van der Waals surface area contributed by atoms with Crippen LogP contribution in [0.2, 0.25) is 8.87 Å². The van der Waals surface area contributed by atoms with E-state index in [1.165, 1.54) is 124 Å². The minimum atomic E-state index is -2.87. The number of unbranched alkanes of at least 4 members (excludes halogenated alkanes) is 8. The Morgan fingerprint density at radius 1 is 0.564 bits per heavy atom. The summed E-state index contributed by atoms with van der Waals surface area (Å²) in [5.74, 6) is 0. The van der Waals surface area contributed by atoms with E-state index in [0.29, 0.717) is 0 Å². The van der Waals surface area contributed by atoms with Gasteiger partial charge in [0.05, 0.1) is 0 Å². The SMILES string of the molecule is CCCCCCc1csc([C]2=C3CCCCC3=[C](c3cc(CCCCCC)cs3)[Sn]2([CH2]CCC)[CH2]CCC)c1. The molecule has 1 fully saturated rings. The van der Waals surface area contributed by atoms with E-state index < -0.39 is 18.4 Å². The molecule has 3 heterocycles. The fourth-order valence-corrected chi connectivity index (χ4v) is 30.5. The van der Waals surface area contributed by atoms with Crippen molar-refractivity contribution in [2.75, 3.05) is 0 Å². The van der Waals surface area contributed by atoms with Crippen LogP contribution >= 0.6 is 22.7 Å². The van der Waals surface area contributed by atoms with Crippen LogP contribution in [0, 0.1) is 0 Å². The molecule has 1 saturated carbocycles. The molecule has 4 rings (SSSR count). The molecule has 3 heteroatoms. The van der Waals surface area contributed by atoms with Crippen LogP contribution in [0.1, 0.15) is 151 Å². The van der Waals surface area contributed by atoms with E-state index in [4.69, 9.17) is 0 Å². The number of fused-ring (bicyclic) bond motifs is 1. The standard InChI is InChI=1S/C28H38S2.2C4H9.Sn/c1-3-5-7-9-13-23-17-27(29-21-23)19-25-15-11-12-16-26(25)20-28-18-24(22-30-28)14-10-8-6-4-2;2*1-3-4-2;/h17-18,21-22H,3-16H2,1-2H3;2*1,3-4H2,2H3;. The number of hydrogen-bond acceptors (Lipinski definition) is 2. The number of thiophene rings is 2. The molecule has 0 amide bonds. The molecular formula is C36H56S2Sn. The normalized spacial score (nSPS) is 16.9. The molecule has 2 aromatic rings. The molecule has 0 saturated heterocycles. The summed E-state index contributed by atoms with van der Waals surface area (Å²) in [6.45, 7) is 9.51. The monoisotopic (exact) mass is 672 g/mol. The van der Waals surface area contributed by atoms with Gasteiger partial charge in [-0.05, 0) is 0 Å². The van der Waals surface area contributed by atoms with Crippen LogP contribution in [0.15, 0.2) is 34.0 Å². The van der Waals surface area contributed by atoms with E-state index in [-0.39, 0.29) is 0 Å². The van der Waals surface area contributed by atoms with Crippen molar-refractivity contribution in [3.05, 3.63) is 54.9 Å². The molecule has 0 spiro atoms. The Kier molecular flexibility index (Phi) is 13.3. The first-order chi connectivity index (χ1) is 19.2. The summed E-state index contributed by atoms with van der Waals surface area (Å²) in [5, 5.41) is 5.09. The Labute approximate surface area is 253 Å². The predicted octanol–water partition coefficient (Wildman–Crippen LogP) is 13.0. The Hall–Kier alpha value is -0.321. The Morgan fingerprint density at radius 3 is 1.41 bits per heavy atom. The summed E-state index contributed by atoms with van der Waals surface area (Å²) in [6, 6.07) is 5.37. The van der Waals surface area contributed by atoms with Gasteiger partial charge < -0.3 is 0 Å². The first-order valence-electron chi connectivity index (χ1n) is 16.8. The zero-order valence-electron chi connectivity index (χ0n) is 25.8. The van der Waals surface area contributed by atoms with Gasteiger partial charge in [-0.3, -0.25) is 0 Å². The van der Waals surface area contributed by atoms with E-state index in [0.717, 1.165) is 0 Å². The first-order valence-corrected chi connectivity index (χ1v) is 25.5. The number of allylic oxidation sites excluding steroid dienone is 2. The van der Waals surface area contributed by atoms with Crippen molar-refractivity contribution in [3.8, 4) is 0 Å². The van der Waals surface area contributed by atoms with Gasteiger partial charge in [-0.2, -0.15) is 0 Å². The molecule has 2 aromatic heterocycles. The van der Waals surface area contributed by atoms with Crippen molar-refractivity contribution in [1.82, 2.24) is 0 Å². The maximum atomic E-state index is 2.69. The molecule has 2 aliphatic rings. The van der Waals surface area contributed by atoms with E-state index in [1.807, 2.05) is 18.3 Å². The van der Waals surface area contributed by atoms with Crippen molar-refractivity contribution in [2.45, 2.75) is 152 Å². The molecule has 0 aromatic carbocycles. The summed E-state index contributed by atoms with van der Waals surface area (Å²) >= 11 is 1.38. The van der Waals surface area contributed by atoms with Crippen molar-refractivity contribution >= 4 is 48.2 Å².